The lowest BCUT2D eigenvalue weighted by Crippen LogP contribution is -2.09. The molecular weight excluding hydrogens is 418 g/mol. The van der Waals surface area contributed by atoms with Crippen LogP contribution >= 0.6 is 11.3 Å². The quantitative estimate of drug-likeness (QED) is 0.210. The first-order chi connectivity index (χ1) is 15.6. The number of ether oxygens (including phenoxy) is 1. The molecule has 0 radical (unpaired) electrons. The minimum Gasteiger partial charge on any atom is -0.462 e. The number of anilines is 1. The SMILES string of the molecule is CCCCCCOC(=O)c1ccccc1N/C=C(\C#N)c1nc(-c2ccc(C)cc2)cs1. The number of unbranched alkanes of at least 4 members (excludes halogenated alkanes) is 3. The van der Waals surface area contributed by atoms with Gasteiger partial charge >= 0.3 is 5.97 Å². The van der Waals surface area contributed by atoms with Crippen LogP contribution in [0.25, 0.3) is 16.8 Å². The summed E-state index contributed by atoms with van der Waals surface area (Å²) in [5.41, 5.74) is 4.46. The Morgan fingerprint density at radius 2 is 1.94 bits per heavy atom. The predicted octanol–water partition coefficient (Wildman–Crippen LogP) is 6.83. The number of aromatic nitrogens is 1. The molecule has 0 aliphatic carbocycles. The van der Waals surface area contributed by atoms with E-state index in [1.807, 2.05) is 42.6 Å². The summed E-state index contributed by atoms with van der Waals surface area (Å²) in [5.74, 6) is -0.368. The number of carbonyl (C=O) groups is 1. The van der Waals surface area contributed by atoms with Gasteiger partial charge in [0.15, 0.2) is 0 Å². The van der Waals surface area contributed by atoms with Gasteiger partial charge in [0.05, 0.1) is 23.6 Å². The van der Waals surface area contributed by atoms with E-state index in [0.29, 0.717) is 28.4 Å². The van der Waals surface area contributed by atoms with Crippen molar-refractivity contribution in [2.75, 3.05) is 11.9 Å². The highest BCUT2D eigenvalue weighted by molar-refractivity contribution is 7.11. The molecule has 0 amide bonds. The van der Waals surface area contributed by atoms with Crippen molar-refractivity contribution in [2.24, 2.45) is 0 Å². The molecule has 3 aromatic rings. The minimum atomic E-state index is -0.368. The summed E-state index contributed by atoms with van der Waals surface area (Å²) in [4.78, 5) is 17.1. The summed E-state index contributed by atoms with van der Waals surface area (Å²) in [6.07, 6.45) is 5.78. The van der Waals surface area contributed by atoms with E-state index in [9.17, 15) is 10.1 Å². The van der Waals surface area contributed by atoms with Crippen molar-refractivity contribution in [3.05, 3.63) is 76.2 Å². The molecule has 6 heteroatoms. The molecule has 0 saturated carbocycles. The molecule has 0 saturated heterocycles. The summed E-state index contributed by atoms with van der Waals surface area (Å²) < 4.78 is 5.42. The van der Waals surface area contributed by atoms with E-state index in [0.717, 1.165) is 36.9 Å². The van der Waals surface area contributed by atoms with Crippen LogP contribution in [0.15, 0.2) is 60.1 Å². The number of para-hydroxylation sites is 1. The molecule has 32 heavy (non-hydrogen) atoms. The van der Waals surface area contributed by atoms with Crippen LogP contribution in [0.2, 0.25) is 0 Å². The first kappa shape index (κ1) is 23.2. The zero-order valence-electron chi connectivity index (χ0n) is 18.4. The van der Waals surface area contributed by atoms with Crippen LogP contribution in [0.4, 0.5) is 5.69 Å². The zero-order chi connectivity index (χ0) is 22.8. The largest absolute Gasteiger partial charge is 0.462 e. The number of benzene rings is 2. The van der Waals surface area contributed by atoms with Gasteiger partial charge in [0.1, 0.15) is 16.6 Å². The molecule has 0 atom stereocenters. The summed E-state index contributed by atoms with van der Waals surface area (Å²) in [6.45, 7) is 4.60. The third kappa shape index (κ3) is 6.29. The van der Waals surface area contributed by atoms with E-state index in [-0.39, 0.29) is 5.97 Å². The maximum Gasteiger partial charge on any atom is 0.340 e. The van der Waals surface area contributed by atoms with E-state index >= 15 is 0 Å². The molecular formula is C26H27N3O2S. The Labute approximate surface area is 193 Å². The second kappa shape index (κ2) is 11.8. The molecule has 3 rings (SSSR count). The van der Waals surface area contributed by atoms with Crippen LogP contribution in [0.1, 0.15) is 53.5 Å². The highest BCUT2D eigenvalue weighted by atomic mass is 32.1. The highest BCUT2D eigenvalue weighted by Crippen LogP contribution is 2.27. The number of hydrogen-bond donors (Lipinski definition) is 1. The summed E-state index contributed by atoms with van der Waals surface area (Å²) in [6, 6.07) is 17.4. The lowest BCUT2D eigenvalue weighted by Gasteiger charge is -2.09. The van der Waals surface area contributed by atoms with Crippen LogP contribution in [-0.4, -0.2) is 17.6 Å². The smallest absolute Gasteiger partial charge is 0.340 e. The second-order valence-corrected chi connectivity index (χ2v) is 8.32. The lowest BCUT2D eigenvalue weighted by atomic mass is 10.1. The van der Waals surface area contributed by atoms with Gasteiger partial charge in [-0.15, -0.1) is 11.3 Å². The van der Waals surface area contributed by atoms with Gasteiger partial charge in [-0.1, -0.05) is 68.1 Å². The minimum absolute atomic E-state index is 0.368. The molecule has 0 aliphatic heterocycles. The number of hydrogen-bond acceptors (Lipinski definition) is 6. The van der Waals surface area contributed by atoms with Crippen molar-refractivity contribution >= 4 is 28.6 Å². The Hall–Kier alpha value is -3.43. The van der Waals surface area contributed by atoms with Crippen molar-refractivity contribution in [1.82, 2.24) is 4.98 Å². The van der Waals surface area contributed by atoms with E-state index in [4.69, 9.17) is 4.74 Å². The maximum atomic E-state index is 12.5. The van der Waals surface area contributed by atoms with Gasteiger partial charge in [-0.3, -0.25) is 0 Å². The fraction of sp³-hybridized carbons (Fsp3) is 0.269. The van der Waals surface area contributed by atoms with Crippen LogP contribution in [-0.2, 0) is 4.74 Å². The molecule has 1 N–H and O–H groups in total. The number of nitrogens with one attached hydrogen (secondary N) is 1. The molecule has 1 aromatic heterocycles. The molecule has 1 heterocycles. The van der Waals surface area contributed by atoms with E-state index < -0.39 is 0 Å². The molecule has 2 aromatic carbocycles. The molecule has 0 fully saturated rings. The standard InChI is InChI=1S/C26H27N3O2S/c1-3-4-5-8-15-31-26(30)22-9-6-7-10-23(22)28-17-21(16-27)25-29-24(18-32-25)20-13-11-19(2)12-14-20/h6-7,9-14,17-18,28H,3-5,8,15H2,1-2H3/b21-17+. The van der Waals surface area contributed by atoms with Crippen LogP contribution in [0.5, 0.6) is 0 Å². The number of nitriles is 1. The molecule has 0 aliphatic rings. The number of rotatable bonds is 10. The highest BCUT2D eigenvalue weighted by Gasteiger charge is 2.13. The van der Waals surface area contributed by atoms with Gasteiger partial charge in [-0.25, -0.2) is 9.78 Å². The Balaban J connectivity index is 1.70. The van der Waals surface area contributed by atoms with Crippen LogP contribution < -0.4 is 5.32 Å². The van der Waals surface area contributed by atoms with E-state index in [1.165, 1.54) is 16.9 Å². The predicted molar refractivity (Wildman–Crippen MR) is 130 cm³/mol. The normalized spacial score (nSPS) is 11.1. The number of esters is 1. The zero-order valence-corrected chi connectivity index (χ0v) is 19.2. The van der Waals surface area contributed by atoms with E-state index in [2.05, 4.69) is 23.3 Å². The first-order valence-electron chi connectivity index (χ1n) is 10.8. The third-order valence-corrected chi connectivity index (χ3v) is 5.83. The second-order valence-electron chi connectivity index (χ2n) is 7.46. The van der Waals surface area contributed by atoms with Gasteiger partial charge in [-0.05, 0) is 25.5 Å². The first-order valence-corrected chi connectivity index (χ1v) is 11.7. The van der Waals surface area contributed by atoms with Crippen LogP contribution in [0, 0.1) is 18.3 Å². The van der Waals surface area contributed by atoms with Crippen LogP contribution in [0.3, 0.4) is 0 Å². The van der Waals surface area contributed by atoms with Crippen molar-refractivity contribution < 1.29 is 9.53 Å². The number of carbonyl (C=O) groups excluding carboxylic acids is 1. The number of nitrogens with zero attached hydrogens (tertiary/aromatic N) is 2. The number of aryl methyl sites for hydroxylation is 1. The van der Waals surface area contributed by atoms with Gasteiger partial charge < -0.3 is 10.1 Å². The summed E-state index contributed by atoms with van der Waals surface area (Å²) >= 11 is 1.41. The van der Waals surface area contributed by atoms with Crippen molar-refractivity contribution in [3.8, 4) is 17.3 Å². The van der Waals surface area contributed by atoms with Gasteiger partial charge in [0.2, 0.25) is 0 Å². The molecule has 164 valence electrons. The number of thiazole rings is 1. The number of allylic oxidation sites excluding steroid dienone is 1. The maximum absolute atomic E-state index is 12.5. The van der Waals surface area contributed by atoms with Crippen molar-refractivity contribution in [3.63, 3.8) is 0 Å². The summed E-state index contributed by atoms with van der Waals surface area (Å²) in [5, 5.41) is 15.3. The monoisotopic (exact) mass is 445 g/mol. The Morgan fingerprint density at radius 3 is 2.69 bits per heavy atom. The Morgan fingerprint density at radius 1 is 1.16 bits per heavy atom. The molecule has 0 bridgehead atoms. The average Bonchev–Trinajstić information content (AvgIpc) is 3.30. The van der Waals surface area contributed by atoms with Crippen molar-refractivity contribution in [2.45, 2.75) is 39.5 Å². The van der Waals surface area contributed by atoms with E-state index in [1.54, 1.807) is 24.4 Å². The third-order valence-electron chi connectivity index (χ3n) is 4.95. The Kier molecular flexibility index (Phi) is 8.59. The van der Waals surface area contributed by atoms with Crippen molar-refractivity contribution in [1.29, 1.82) is 5.26 Å². The fourth-order valence-corrected chi connectivity index (χ4v) is 3.90. The fourth-order valence-electron chi connectivity index (χ4n) is 3.10. The average molecular weight is 446 g/mol. The van der Waals surface area contributed by atoms with Gasteiger partial charge in [-0.2, -0.15) is 5.26 Å². The summed E-state index contributed by atoms with van der Waals surface area (Å²) in [7, 11) is 0. The molecule has 5 nitrogen and oxygen atoms in total. The van der Waals surface area contributed by atoms with Gasteiger partial charge in [0.25, 0.3) is 0 Å². The molecule has 0 spiro atoms. The molecule has 0 unspecified atom stereocenters. The van der Waals surface area contributed by atoms with Gasteiger partial charge in [0, 0.05) is 17.1 Å². The lowest BCUT2D eigenvalue weighted by molar-refractivity contribution is 0.0499. The Bertz CT molecular complexity index is 1110. The topological polar surface area (TPSA) is 75.0 Å².